The summed E-state index contributed by atoms with van der Waals surface area (Å²) in [6.07, 6.45) is 10.5. The van der Waals surface area contributed by atoms with E-state index in [4.69, 9.17) is 4.74 Å². The van der Waals surface area contributed by atoms with Crippen molar-refractivity contribution in [1.82, 2.24) is 10.2 Å². The second-order valence-corrected chi connectivity index (χ2v) is 14.1. The van der Waals surface area contributed by atoms with E-state index in [0.717, 1.165) is 56.5 Å². The van der Waals surface area contributed by atoms with Crippen LogP contribution >= 0.6 is 11.8 Å². The van der Waals surface area contributed by atoms with Crippen molar-refractivity contribution < 1.29 is 19.1 Å². The standard InChI is InChI=1S/C47H43N3O4S/c1-5-7-23-39(6-2)50-46(53)41(29-38-28-32(3)43(33(38)4)35-24-26-40(27-25-35)54-30-34-17-11-8-12-18-34)45(52)49-47(50)55-31-42(51)48-44(36-19-13-9-14-20-36)37-21-15-10-16-22-37/h5-29,43-44H,1,30-31H2,2-4H3,(H,48,51)/b23-7-,39-6+,41-29+/t43-/m1/s1. The lowest BCUT2D eigenvalue weighted by Crippen LogP contribution is -2.42. The van der Waals surface area contributed by atoms with Crippen LogP contribution in [0.15, 0.2) is 191 Å². The van der Waals surface area contributed by atoms with Crippen LogP contribution in [0.5, 0.6) is 5.75 Å². The Balaban J connectivity index is 1.23. The first-order valence-corrected chi connectivity index (χ1v) is 19.1. The lowest BCUT2D eigenvalue weighted by molar-refractivity contribution is -0.126. The van der Waals surface area contributed by atoms with Gasteiger partial charge in [0.05, 0.1) is 11.8 Å². The van der Waals surface area contributed by atoms with E-state index in [2.05, 4.69) is 29.0 Å². The third kappa shape index (κ3) is 9.28. The highest BCUT2D eigenvalue weighted by atomic mass is 32.2. The van der Waals surface area contributed by atoms with Gasteiger partial charge in [-0.2, -0.15) is 4.99 Å². The fourth-order valence-corrected chi connectivity index (χ4v) is 7.47. The second-order valence-electron chi connectivity index (χ2n) is 13.1. The van der Waals surface area contributed by atoms with E-state index in [0.29, 0.717) is 12.3 Å². The zero-order valence-corrected chi connectivity index (χ0v) is 32.0. The maximum absolute atomic E-state index is 14.3. The zero-order valence-electron chi connectivity index (χ0n) is 31.1. The molecule has 276 valence electrons. The fraction of sp³-hybridized carbons (Fsp3) is 0.149. The molecule has 1 aliphatic heterocycles. The Kier molecular flexibility index (Phi) is 12.7. The van der Waals surface area contributed by atoms with Crippen molar-refractivity contribution in [2.45, 2.75) is 39.3 Å². The molecule has 1 heterocycles. The van der Waals surface area contributed by atoms with Crippen LogP contribution in [0.25, 0.3) is 0 Å². The van der Waals surface area contributed by atoms with Crippen molar-refractivity contribution in [1.29, 1.82) is 0 Å². The Bertz CT molecular complexity index is 2200. The van der Waals surface area contributed by atoms with Crippen LogP contribution in [0.1, 0.15) is 55.0 Å². The Morgan fingerprint density at radius 2 is 1.53 bits per heavy atom. The first kappa shape index (κ1) is 38.5. The number of ether oxygens (including phenoxy) is 1. The fourth-order valence-electron chi connectivity index (χ4n) is 6.67. The molecule has 0 bridgehead atoms. The number of aliphatic imine (C=N–C) groups is 1. The van der Waals surface area contributed by atoms with Gasteiger partial charge in [-0.1, -0.05) is 157 Å². The molecule has 4 aromatic rings. The molecule has 1 N–H and O–H groups in total. The van der Waals surface area contributed by atoms with Crippen LogP contribution in [0.2, 0.25) is 0 Å². The molecule has 2 aliphatic rings. The quantitative estimate of drug-likeness (QED) is 0.0837. The molecule has 0 aromatic heterocycles. The molecule has 7 nitrogen and oxygen atoms in total. The largest absolute Gasteiger partial charge is 0.489 e. The number of nitrogens with zero attached hydrogens (tertiary/aromatic N) is 2. The summed E-state index contributed by atoms with van der Waals surface area (Å²) >= 11 is 1.04. The number of carbonyl (C=O) groups excluding carboxylic acids is 3. The minimum absolute atomic E-state index is 0.0229. The van der Waals surface area contributed by atoms with E-state index in [9.17, 15) is 14.4 Å². The van der Waals surface area contributed by atoms with Crippen molar-refractivity contribution in [2.75, 3.05) is 5.75 Å². The predicted octanol–water partition coefficient (Wildman–Crippen LogP) is 9.56. The second kappa shape index (κ2) is 18.2. The molecule has 6 rings (SSSR count). The molecule has 0 spiro atoms. The van der Waals surface area contributed by atoms with Gasteiger partial charge < -0.3 is 10.1 Å². The van der Waals surface area contributed by atoms with Gasteiger partial charge in [-0.3, -0.25) is 19.3 Å². The van der Waals surface area contributed by atoms with Gasteiger partial charge in [0.15, 0.2) is 5.17 Å². The zero-order chi connectivity index (χ0) is 38.7. The Hall–Kier alpha value is -6.25. The molecule has 0 saturated heterocycles. The van der Waals surface area contributed by atoms with Gasteiger partial charge in [0.25, 0.3) is 11.8 Å². The van der Waals surface area contributed by atoms with E-state index in [1.165, 1.54) is 4.90 Å². The van der Waals surface area contributed by atoms with E-state index in [1.807, 2.05) is 123 Å². The van der Waals surface area contributed by atoms with E-state index < -0.39 is 11.8 Å². The van der Waals surface area contributed by atoms with Crippen LogP contribution in [0.3, 0.4) is 0 Å². The van der Waals surface area contributed by atoms with Crippen LogP contribution in [-0.2, 0) is 21.0 Å². The van der Waals surface area contributed by atoms with E-state index in [-0.39, 0.29) is 34.4 Å². The molecule has 8 heteroatoms. The van der Waals surface area contributed by atoms with E-state index >= 15 is 0 Å². The molecule has 0 saturated carbocycles. The highest BCUT2D eigenvalue weighted by Crippen LogP contribution is 2.41. The number of hydrogen-bond donors (Lipinski definition) is 1. The normalized spacial score (nSPS) is 16.9. The number of thioether (sulfide) groups is 1. The van der Waals surface area contributed by atoms with Gasteiger partial charge in [-0.05, 0) is 72.9 Å². The number of amides is 3. The number of hydrogen-bond acceptors (Lipinski definition) is 5. The van der Waals surface area contributed by atoms with Crippen molar-refractivity contribution in [3.05, 3.63) is 209 Å². The number of allylic oxidation sites excluding steroid dienone is 9. The molecule has 1 atom stereocenters. The number of rotatable bonds is 13. The van der Waals surface area contributed by atoms with Gasteiger partial charge in [0, 0.05) is 11.6 Å². The lowest BCUT2D eigenvalue weighted by atomic mass is 9.89. The van der Waals surface area contributed by atoms with Crippen LogP contribution < -0.4 is 10.1 Å². The van der Waals surface area contributed by atoms with E-state index in [1.54, 1.807) is 37.3 Å². The number of nitrogens with one attached hydrogen (secondary N) is 1. The maximum Gasteiger partial charge on any atom is 0.285 e. The minimum atomic E-state index is -0.659. The van der Waals surface area contributed by atoms with Gasteiger partial charge >= 0.3 is 0 Å². The number of carbonyl (C=O) groups is 3. The minimum Gasteiger partial charge on any atom is -0.489 e. The summed E-state index contributed by atoms with van der Waals surface area (Å²) in [6, 6.07) is 37.1. The highest BCUT2D eigenvalue weighted by Gasteiger charge is 2.36. The van der Waals surface area contributed by atoms with Gasteiger partial charge in [-0.25, -0.2) is 0 Å². The molecule has 3 amide bonds. The molecule has 4 aromatic carbocycles. The predicted molar refractivity (Wildman–Crippen MR) is 222 cm³/mol. The summed E-state index contributed by atoms with van der Waals surface area (Å²) in [7, 11) is 0. The summed E-state index contributed by atoms with van der Waals surface area (Å²) in [6.45, 7) is 10.1. The Morgan fingerprint density at radius 3 is 2.13 bits per heavy atom. The van der Waals surface area contributed by atoms with Crippen LogP contribution in [0.4, 0.5) is 0 Å². The molecular formula is C47H43N3O4S. The molecule has 0 unspecified atom stereocenters. The molecule has 0 fully saturated rings. The summed E-state index contributed by atoms with van der Waals surface area (Å²) < 4.78 is 6.00. The first-order valence-electron chi connectivity index (χ1n) is 18.1. The van der Waals surface area contributed by atoms with Crippen molar-refractivity contribution >= 4 is 34.7 Å². The average molecular weight is 746 g/mol. The SMILES string of the molecule is C=C/C=C\C(=C/C)N1C(=O)/C(=C/C2=C(C)[C@H](c3ccc(OCc4ccccc4)cc3)C(C)=C2)C(=O)N=C1SCC(=O)NC(c1ccccc1)c1ccccc1. The third-order valence-electron chi connectivity index (χ3n) is 9.40. The highest BCUT2D eigenvalue weighted by molar-refractivity contribution is 8.14. The summed E-state index contributed by atoms with van der Waals surface area (Å²) in [5, 5.41) is 3.25. The summed E-state index contributed by atoms with van der Waals surface area (Å²) in [5.74, 6) is -0.776. The van der Waals surface area contributed by atoms with Gasteiger partial charge in [0.2, 0.25) is 5.91 Å². The molecule has 55 heavy (non-hydrogen) atoms. The molecular weight excluding hydrogens is 703 g/mol. The molecule has 1 aliphatic carbocycles. The smallest absolute Gasteiger partial charge is 0.285 e. The van der Waals surface area contributed by atoms with Crippen molar-refractivity contribution in [3.63, 3.8) is 0 Å². The average Bonchev–Trinajstić information content (AvgIpc) is 3.50. The number of benzene rings is 4. The van der Waals surface area contributed by atoms with Crippen LogP contribution in [-0.4, -0.2) is 33.5 Å². The third-order valence-corrected chi connectivity index (χ3v) is 10.3. The number of amidine groups is 1. The van der Waals surface area contributed by atoms with Crippen molar-refractivity contribution in [2.24, 2.45) is 4.99 Å². The van der Waals surface area contributed by atoms with Gasteiger partial charge in [0.1, 0.15) is 17.9 Å². The summed E-state index contributed by atoms with van der Waals surface area (Å²) in [5.41, 5.74) is 7.37. The lowest BCUT2D eigenvalue weighted by Gasteiger charge is -2.28. The topological polar surface area (TPSA) is 88.1 Å². The Morgan fingerprint density at radius 1 is 0.909 bits per heavy atom. The van der Waals surface area contributed by atoms with Gasteiger partial charge in [-0.15, -0.1) is 0 Å². The maximum atomic E-state index is 14.3. The molecule has 0 radical (unpaired) electrons. The Labute approximate surface area is 327 Å². The first-order chi connectivity index (χ1) is 26.8. The van der Waals surface area contributed by atoms with Crippen LogP contribution in [0, 0.1) is 0 Å². The summed E-state index contributed by atoms with van der Waals surface area (Å²) in [4.78, 5) is 47.3. The monoisotopic (exact) mass is 745 g/mol. The van der Waals surface area contributed by atoms with Crippen molar-refractivity contribution in [3.8, 4) is 5.75 Å².